The summed E-state index contributed by atoms with van der Waals surface area (Å²) in [6, 6.07) is 0. The highest BCUT2D eigenvalue weighted by Gasteiger charge is 2.80. The zero-order chi connectivity index (χ0) is 13.5. The Balaban J connectivity index is 3.14. The van der Waals surface area contributed by atoms with Gasteiger partial charge in [-0.15, -0.1) is 0 Å². The summed E-state index contributed by atoms with van der Waals surface area (Å²) >= 11 is 0. The molecule has 98 valence electrons. The zero-order valence-electron chi connectivity index (χ0n) is 7.76. The summed E-state index contributed by atoms with van der Waals surface area (Å²) in [4.78, 5) is 20.7. The lowest BCUT2D eigenvalue weighted by Crippen LogP contribution is -2.58. The van der Waals surface area contributed by atoms with Gasteiger partial charge in [-0.2, -0.15) is 26.3 Å². The molecule has 1 fully saturated rings. The molecule has 4 nitrogen and oxygen atoms in total. The van der Waals surface area contributed by atoms with Gasteiger partial charge in [0.15, 0.2) is 6.10 Å². The minimum absolute atomic E-state index is 0.0469. The van der Waals surface area contributed by atoms with Crippen LogP contribution in [0, 0.1) is 0 Å². The van der Waals surface area contributed by atoms with E-state index in [1.54, 1.807) is 0 Å². The van der Waals surface area contributed by atoms with Crippen LogP contribution in [0.25, 0.3) is 0 Å². The Morgan fingerprint density at radius 3 is 1.94 bits per heavy atom. The molecule has 1 atom stereocenters. The van der Waals surface area contributed by atoms with Crippen LogP contribution in [0.15, 0.2) is 0 Å². The van der Waals surface area contributed by atoms with Crippen LogP contribution in [0.5, 0.6) is 0 Å². The summed E-state index contributed by atoms with van der Waals surface area (Å²) in [7, 11) is 0. The summed E-state index contributed by atoms with van der Waals surface area (Å²) in [5.41, 5.74) is 0. The SMILES string of the molecule is O=CC[C@H]1OC(C(F)(F)F)(C(F)(F)F)OC1=O. The maximum Gasteiger partial charge on any atom is 0.465 e. The number of alkyl halides is 6. The Morgan fingerprint density at radius 1 is 1.18 bits per heavy atom. The monoisotopic (exact) mass is 266 g/mol. The van der Waals surface area contributed by atoms with Gasteiger partial charge in [-0.25, -0.2) is 4.79 Å². The molecule has 0 spiro atoms. The average Bonchev–Trinajstić information content (AvgIpc) is 2.43. The second-order valence-corrected chi connectivity index (χ2v) is 3.04. The minimum atomic E-state index is -5.99. The fourth-order valence-electron chi connectivity index (χ4n) is 1.12. The number of aldehydes is 1. The molecule has 1 aliphatic rings. The van der Waals surface area contributed by atoms with Crippen molar-refractivity contribution in [1.82, 2.24) is 0 Å². The van der Waals surface area contributed by atoms with Gasteiger partial charge >= 0.3 is 24.1 Å². The second kappa shape index (κ2) is 3.86. The van der Waals surface area contributed by atoms with E-state index in [9.17, 15) is 35.9 Å². The molecule has 0 aliphatic carbocycles. The molecule has 1 aliphatic heterocycles. The Kier molecular flexibility index (Phi) is 3.12. The molecule has 0 aromatic carbocycles. The fourth-order valence-corrected chi connectivity index (χ4v) is 1.12. The van der Waals surface area contributed by atoms with E-state index in [0.717, 1.165) is 0 Å². The molecule has 0 bridgehead atoms. The molecule has 10 heteroatoms. The normalized spacial score (nSPS) is 24.6. The fraction of sp³-hybridized carbons (Fsp3) is 0.714. The number of esters is 1. The highest BCUT2D eigenvalue weighted by Crippen LogP contribution is 2.50. The summed E-state index contributed by atoms with van der Waals surface area (Å²) in [6.07, 6.45) is -15.2. The van der Waals surface area contributed by atoms with Gasteiger partial charge in [0, 0.05) is 6.42 Å². The number of carbonyl (C=O) groups is 2. The molecule has 0 saturated carbocycles. The molecule has 17 heavy (non-hydrogen) atoms. The second-order valence-electron chi connectivity index (χ2n) is 3.04. The van der Waals surface area contributed by atoms with Crippen molar-refractivity contribution in [3.63, 3.8) is 0 Å². The third-order valence-corrected chi connectivity index (χ3v) is 1.87. The largest absolute Gasteiger partial charge is 0.465 e. The van der Waals surface area contributed by atoms with Gasteiger partial charge < -0.3 is 14.3 Å². The number of hydrogen-bond acceptors (Lipinski definition) is 4. The van der Waals surface area contributed by atoms with Crippen LogP contribution in [0.1, 0.15) is 6.42 Å². The Hall–Kier alpha value is -1.32. The molecule has 1 rings (SSSR count). The zero-order valence-corrected chi connectivity index (χ0v) is 7.76. The van der Waals surface area contributed by atoms with E-state index in [1.807, 2.05) is 0 Å². The van der Waals surface area contributed by atoms with Gasteiger partial charge in [-0.1, -0.05) is 0 Å². The molecule has 0 N–H and O–H groups in total. The summed E-state index contributed by atoms with van der Waals surface area (Å²) in [5, 5.41) is 0. The predicted octanol–water partition coefficient (Wildman–Crippen LogP) is 1.34. The first kappa shape index (κ1) is 13.7. The first-order chi connectivity index (χ1) is 7.55. The Morgan fingerprint density at radius 2 is 1.65 bits per heavy atom. The molecule has 0 unspecified atom stereocenters. The molecular formula is C7H4F6O4. The van der Waals surface area contributed by atoms with Crippen LogP contribution < -0.4 is 0 Å². The van der Waals surface area contributed by atoms with E-state index in [0.29, 0.717) is 0 Å². The quantitative estimate of drug-likeness (QED) is 0.430. The van der Waals surface area contributed by atoms with Crippen molar-refractivity contribution in [2.24, 2.45) is 0 Å². The number of halogens is 6. The average molecular weight is 266 g/mol. The molecular weight excluding hydrogens is 262 g/mol. The number of hydrogen-bond donors (Lipinski definition) is 0. The number of rotatable bonds is 2. The van der Waals surface area contributed by atoms with Crippen molar-refractivity contribution < 1.29 is 45.4 Å². The maximum atomic E-state index is 12.3. The van der Waals surface area contributed by atoms with Crippen LogP contribution in [0.2, 0.25) is 0 Å². The lowest BCUT2D eigenvalue weighted by molar-refractivity contribution is -0.439. The molecule has 0 radical (unpaired) electrons. The van der Waals surface area contributed by atoms with Gasteiger partial charge in [0.25, 0.3) is 0 Å². The molecule has 0 aromatic rings. The van der Waals surface area contributed by atoms with E-state index in [1.165, 1.54) is 0 Å². The van der Waals surface area contributed by atoms with Crippen molar-refractivity contribution in [3.05, 3.63) is 0 Å². The predicted molar refractivity (Wildman–Crippen MR) is 36.5 cm³/mol. The number of cyclic esters (lactones) is 1. The van der Waals surface area contributed by atoms with Gasteiger partial charge in [0.1, 0.15) is 6.29 Å². The van der Waals surface area contributed by atoms with Crippen molar-refractivity contribution in [2.45, 2.75) is 30.7 Å². The highest BCUT2D eigenvalue weighted by molar-refractivity contribution is 5.79. The van der Waals surface area contributed by atoms with Gasteiger partial charge in [-0.05, 0) is 0 Å². The standard InChI is InChI=1S/C7H4F6O4/c8-6(9,10)5(7(11,12)13)16-3(1-2-14)4(15)17-5/h2-3H,1H2/t3-/m1/s1. The number of carbonyl (C=O) groups excluding carboxylic acids is 2. The van der Waals surface area contributed by atoms with E-state index >= 15 is 0 Å². The van der Waals surface area contributed by atoms with Gasteiger partial charge in [0.05, 0.1) is 0 Å². The summed E-state index contributed by atoms with van der Waals surface area (Å²) in [6.45, 7) is 0. The van der Waals surface area contributed by atoms with Crippen LogP contribution in [-0.2, 0) is 19.1 Å². The summed E-state index contributed by atoms with van der Waals surface area (Å²) < 4.78 is 80.6. The molecule has 1 saturated heterocycles. The van der Waals surface area contributed by atoms with Crippen LogP contribution >= 0.6 is 0 Å². The van der Waals surface area contributed by atoms with Crippen LogP contribution in [0.4, 0.5) is 26.3 Å². The minimum Gasteiger partial charge on any atom is -0.414 e. The molecule has 0 aromatic heterocycles. The Bertz CT molecular complexity index is 318. The van der Waals surface area contributed by atoms with Crippen molar-refractivity contribution in [3.8, 4) is 0 Å². The van der Waals surface area contributed by atoms with Crippen molar-refractivity contribution in [1.29, 1.82) is 0 Å². The van der Waals surface area contributed by atoms with Crippen molar-refractivity contribution in [2.75, 3.05) is 0 Å². The lowest BCUT2D eigenvalue weighted by Gasteiger charge is -2.30. The maximum absolute atomic E-state index is 12.3. The first-order valence-electron chi connectivity index (χ1n) is 4.03. The number of ether oxygens (including phenoxy) is 2. The van der Waals surface area contributed by atoms with E-state index in [4.69, 9.17) is 0 Å². The third-order valence-electron chi connectivity index (χ3n) is 1.87. The lowest BCUT2D eigenvalue weighted by atomic mass is 10.2. The van der Waals surface area contributed by atoms with E-state index in [2.05, 4.69) is 9.47 Å². The van der Waals surface area contributed by atoms with Crippen LogP contribution in [-0.4, -0.2) is 36.5 Å². The Labute approximate surface area is 89.5 Å². The van der Waals surface area contributed by atoms with Gasteiger partial charge in [-0.3, -0.25) is 0 Å². The molecule has 1 heterocycles. The third kappa shape index (κ3) is 2.08. The van der Waals surface area contributed by atoms with Crippen molar-refractivity contribution >= 4 is 12.3 Å². The summed E-state index contributed by atoms with van der Waals surface area (Å²) in [5.74, 6) is -6.88. The smallest absolute Gasteiger partial charge is 0.414 e. The van der Waals surface area contributed by atoms with Gasteiger partial charge in [0.2, 0.25) is 0 Å². The van der Waals surface area contributed by atoms with E-state index < -0.39 is 36.6 Å². The molecule has 0 amide bonds. The van der Waals surface area contributed by atoms with E-state index in [-0.39, 0.29) is 6.29 Å². The van der Waals surface area contributed by atoms with Crippen LogP contribution in [0.3, 0.4) is 0 Å². The highest BCUT2D eigenvalue weighted by atomic mass is 19.4. The first-order valence-corrected chi connectivity index (χ1v) is 4.03. The topological polar surface area (TPSA) is 52.6 Å².